The third-order valence-corrected chi connectivity index (χ3v) is 4.78. The van der Waals surface area contributed by atoms with Crippen LogP contribution in [0.3, 0.4) is 0 Å². The lowest BCUT2D eigenvalue weighted by Gasteiger charge is -2.33. The maximum atomic E-state index is 11.9. The summed E-state index contributed by atoms with van der Waals surface area (Å²) in [6.07, 6.45) is 10.0. The zero-order chi connectivity index (χ0) is 14.4. The molecule has 0 atom stereocenters. The molecule has 2 saturated carbocycles. The normalized spacial score (nSPS) is 22.4. The van der Waals surface area contributed by atoms with Crippen LogP contribution in [0.5, 0.6) is 0 Å². The van der Waals surface area contributed by atoms with E-state index in [0.717, 1.165) is 31.6 Å². The molecule has 0 aliphatic heterocycles. The minimum Gasteiger partial charge on any atom is -0.480 e. The van der Waals surface area contributed by atoms with Crippen LogP contribution >= 0.6 is 0 Å². The molecule has 0 saturated heterocycles. The van der Waals surface area contributed by atoms with E-state index in [1.165, 1.54) is 25.7 Å². The van der Waals surface area contributed by atoms with Crippen molar-refractivity contribution < 1.29 is 14.7 Å². The van der Waals surface area contributed by atoms with Crippen molar-refractivity contribution in [2.45, 2.75) is 69.7 Å². The summed E-state index contributed by atoms with van der Waals surface area (Å²) in [6, 6.07) is -0.327. The lowest BCUT2D eigenvalue weighted by Crippen LogP contribution is -2.58. The van der Waals surface area contributed by atoms with Gasteiger partial charge in [0.25, 0.3) is 0 Å². The molecule has 0 heterocycles. The molecule has 0 aromatic heterocycles. The molecule has 2 amide bonds. The highest BCUT2D eigenvalue weighted by molar-refractivity contribution is 5.86. The lowest BCUT2D eigenvalue weighted by molar-refractivity contribution is -0.145. The molecule has 0 radical (unpaired) electrons. The van der Waals surface area contributed by atoms with E-state index >= 15 is 0 Å². The monoisotopic (exact) mass is 282 g/mol. The first-order valence-electron chi connectivity index (χ1n) is 7.92. The van der Waals surface area contributed by atoms with E-state index in [0.29, 0.717) is 19.4 Å². The first kappa shape index (κ1) is 15.1. The van der Waals surface area contributed by atoms with Crippen molar-refractivity contribution in [2.75, 3.05) is 6.54 Å². The van der Waals surface area contributed by atoms with Crippen molar-refractivity contribution >= 4 is 12.0 Å². The van der Waals surface area contributed by atoms with E-state index in [4.69, 9.17) is 0 Å². The summed E-state index contributed by atoms with van der Waals surface area (Å²) in [6.45, 7) is 0.645. The Kier molecular flexibility index (Phi) is 5.26. The largest absolute Gasteiger partial charge is 0.480 e. The number of hydrogen-bond acceptors (Lipinski definition) is 2. The minimum absolute atomic E-state index is 0.327. The lowest BCUT2D eigenvalue weighted by atomic mass is 9.82. The Morgan fingerprint density at radius 3 is 2.30 bits per heavy atom. The molecule has 20 heavy (non-hydrogen) atoms. The summed E-state index contributed by atoms with van der Waals surface area (Å²) in [7, 11) is 0. The van der Waals surface area contributed by atoms with Crippen LogP contribution in [0.15, 0.2) is 0 Å². The second kappa shape index (κ2) is 6.95. The number of amides is 2. The number of carboxylic acids is 1. The molecule has 5 heteroatoms. The minimum atomic E-state index is -1.05. The van der Waals surface area contributed by atoms with Crippen LogP contribution in [-0.2, 0) is 4.79 Å². The fourth-order valence-corrected chi connectivity index (χ4v) is 3.50. The third-order valence-electron chi connectivity index (χ3n) is 4.78. The maximum Gasteiger partial charge on any atom is 0.329 e. The number of carbonyl (C=O) groups is 2. The van der Waals surface area contributed by atoms with E-state index in [9.17, 15) is 14.7 Å². The molecular formula is C15H26N2O3. The number of carbonyl (C=O) groups excluding carboxylic acids is 1. The van der Waals surface area contributed by atoms with Gasteiger partial charge in [0.15, 0.2) is 0 Å². The Bertz CT molecular complexity index is 345. The standard InChI is InChI=1S/C15H26N2O3/c18-13(19)15(9-4-1-5-10-15)17-14(20)16-11-8-12-6-2-3-7-12/h12H,1-11H2,(H,18,19)(H2,16,17,20). The third kappa shape index (κ3) is 3.87. The summed E-state index contributed by atoms with van der Waals surface area (Å²) in [4.78, 5) is 23.4. The SMILES string of the molecule is O=C(NCCC1CCCC1)NC1(C(=O)O)CCCCC1. The molecule has 0 aromatic rings. The average Bonchev–Trinajstić information content (AvgIpc) is 2.93. The Morgan fingerprint density at radius 2 is 1.70 bits per heavy atom. The van der Waals surface area contributed by atoms with Gasteiger partial charge in [-0.1, -0.05) is 44.9 Å². The number of carboxylic acid groups (broad SMARTS) is 1. The van der Waals surface area contributed by atoms with Gasteiger partial charge in [0.05, 0.1) is 0 Å². The first-order valence-corrected chi connectivity index (χ1v) is 7.92. The second-order valence-electron chi connectivity index (χ2n) is 6.27. The van der Waals surface area contributed by atoms with Crippen molar-refractivity contribution in [3.8, 4) is 0 Å². The van der Waals surface area contributed by atoms with Gasteiger partial charge in [-0.25, -0.2) is 9.59 Å². The van der Waals surface area contributed by atoms with E-state index in [-0.39, 0.29) is 6.03 Å². The average molecular weight is 282 g/mol. The van der Waals surface area contributed by atoms with Crippen LogP contribution in [0.2, 0.25) is 0 Å². The van der Waals surface area contributed by atoms with Gasteiger partial charge in [0, 0.05) is 6.54 Å². The van der Waals surface area contributed by atoms with Crippen molar-refractivity contribution in [2.24, 2.45) is 5.92 Å². The fraction of sp³-hybridized carbons (Fsp3) is 0.867. The first-order chi connectivity index (χ1) is 9.62. The maximum absolute atomic E-state index is 11.9. The number of hydrogen-bond donors (Lipinski definition) is 3. The smallest absolute Gasteiger partial charge is 0.329 e. The predicted molar refractivity (Wildman–Crippen MR) is 76.6 cm³/mol. The number of aliphatic carboxylic acids is 1. The Morgan fingerprint density at radius 1 is 1.05 bits per heavy atom. The van der Waals surface area contributed by atoms with Crippen LogP contribution in [-0.4, -0.2) is 29.2 Å². The summed E-state index contributed by atoms with van der Waals surface area (Å²) in [5.41, 5.74) is -1.05. The highest BCUT2D eigenvalue weighted by Gasteiger charge is 2.40. The van der Waals surface area contributed by atoms with Gasteiger partial charge in [0.1, 0.15) is 5.54 Å². The zero-order valence-corrected chi connectivity index (χ0v) is 12.1. The van der Waals surface area contributed by atoms with Gasteiger partial charge in [-0.2, -0.15) is 0 Å². The molecule has 0 bridgehead atoms. The topological polar surface area (TPSA) is 78.4 Å². The molecule has 2 fully saturated rings. The van der Waals surface area contributed by atoms with Gasteiger partial charge in [0.2, 0.25) is 0 Å². The van der Waals surface area contributed by atoms with Gasteiger partial charge in [-0.15, -0.1) is 0 Å². The Hall–Kier alpha value is -1.26. The zero-order valence-electron chi connectivity index (χ0n) is 12.1. The van der Waals surface area contributed by atoms with Crippen LogP contribution in [0.1, 0.15) is 64.2 Å². The molecule has 5 nitrogen and oxygen atoms in total. The van der Waals surface area contributed by atoms with Crippen LogP contribution in [0, 0.1) is 5.92 Å². The van der Waals surface area contributed by atoms with Crippen LogP contribution < -0.4 is 10.6 Å². The molecule has 2 aliphatic rings. The van der Waals surface area contributed by atoms with Gasteiger partial charge in [-0.05, 0) is 25.2 Å². The predicted octanol–water partition coefficient (Wildman–Crippen LogP) is 2.65. The van der Waals surface area contributed by atoms with Crippen molar-refractivity contribution in [3.63, 3.8) is 0 Å². The number of urea groups is 1. The summed E-state index contributed by atoms with van der Waals surface area (Å²) >= 11 is 0. The van der Waals surface area contributed by atoms with Crippen molar-refractivity contribution in [1.29, 1.82) is 0 Å². The quantitative estimate of drug-likeness (QED) is 0.725. The molecule has 2 aliphatic carbocycles. The molecular weight excluding hydrogens is 256 g/mol. The van der Waals surface area contributed by atoms with Crippen molar-refractivity contribution in [1.82, 2.24) is 10.6 Å². The second-order valence-corrected chi connectivity index (χ2v) is 6.27. The summed E-state index contributed by atoms with van der Waals surface area (Å²) in [5, 5.41) is 14.9. The molecule has 0 spiro atoms. The molecule has 2 rings (SSSR count). The van der Waals surface area contributed by atoms with E-state index in [1.807, 2.05) is 0 Å². The summed E-state index contributed by atoms with van der Waals surface area (Å²) < 4.78 is 0. The molecule has 0 aromatic carbocycles. The van der Waals surface area contributed by atoms with Crippen molar-refractivity contribution in [3.05, 3.63) is 0 Å². The fourth-order valence-electron chi connectivity index (χ4n) is 3.50. The van der Waals surface area contributed by atoms with Gasteiger partial charge < -0.3 is 15.7 Å². The molecule has 0 unspecified atom stereocenters. The van der Waals surface area contributed by atoms with E-state index < -0.39 is 11.5 Å². The Labute approximate surface area is 120 Å². The highest BCUT2D eigenvalue weighted by atomic mass is 16.4. The van der Waals surface area contributed by atoms with E-state index in [2.05, 4.69) is 10.6 Å². The number of rotatable bonds is 5. The summed E-state index contributed by atoms with van der Waals surface area (Å²) in [5.74, 6) is -0.165. The highest BCUT2D eigenvalue weighted by Crippen LogP contribution is 2.29. The van der Waals surface area contributed by atoms with Gasteiger partial charge in [-0.3, -0.25) is 0 Å². The Balaban J connectivity index is 1.75. The molecule has 3 N–H and O–H groups in total. The number of nitrogens with one attached hydrogen (secondary N) is 2. The van der Waals surface area contributed by atoms with E-state index in [1.54, 1.807) is 0 Å². The van der Waals surface area contributed by atoms with Crippen LogP contribution in [0.25, 0.3) is 0 Å². The van der Waals surface area contributed by atoms with Gasteiger partial charge >= 0.3 is 12.0 Å². The molecule has 114 valence electrons. The van der Waals surface area contributed by atoms with Crippen LogP contribution in [0.4, 0.5) is 4.79 Å².